The molecule has 0 radical (unpaired) electrons. The van der Waals surface area contributed by atoms with Gasteiger partial charge in [0.1, 0.15) is 18.0 Å². The molecule has 0 aromatic heterocycles. The molecule has 5 nitrogen and oxygen atoms in total. The second-order valence-corrected chi connectivity index (χ2v) is 5.19. The van der Waals surface area contributed by atoms with Crippen molar-refractivity contribution in [1.29, 1.82) is 5.41 Å². The topological polar surface area (TPSA) is 54.4 Å². The Labute approximate surface area is 117 Å². The summed E-state index contributed by atoms with van der Waals surface area (Å²) in [5.41, 5.74) is 2.32. The predicted octanol–water partition coefficient (Wildman–Crippen LogP) is 1.79. The van der Waals surface area contributed by atoms with Crippen molar-refractivity contribution >= 4 is 17.3 Å². The lowest BCUT2D eigenvalue weighted by atomic mass is 10.0. The first-order valence-corrected chi connectivity index (χ1v) is 7.09. The number of hydrogen-bond acceptors (Lipinski definition) is 5. The Morgan fingerprint density at radius 2 is 2.42 bits per heavy atom. The molecule has 1 unspecified atom stereocenters. The quantitative estimate of drug-likeness (QED) is 0.533. The van der Waals surface area contributed by atoms with Crippen LogP contribution >= 0.6 is 12.1 Å². The summed E-state index contributed by atoms with van der Waals surface area (Å²) in [7, 11) is 3.73. The lowest BCUT2D eigenvalue weighted by Gasteiger charge is -2.41. The van der Waals surface area contributed by atoms with Crippen LogP contribution in [-0.4, -0.2) is 41.6 Å². The normalized spacial score (nSPS) is 26.0. The zero-order valence-corrected chi connectivity index (χ0v) is 12.3. The zero-order chi connectivity index (χ0) is 14.0. The van der Waals surface area contributed by atoms with Crippen LogP contribution in [0, 0.1) is 5.41 Å². The summed E-state index contributed by atoms with van der Waals surface area (Å²) in [6.45, 7) is 2.87. The third-order valence-corrected chi connectivity index (χ3v) is 4.05. The van der Waals surface area contributed by atoms with Crippen molar-refractivity contribution < 1.29 is 3.89 Å². The number of hydrogen-bond donors (Lipinski definition) is 3. The van der Waals surface area contributed by atoms with Gasteiger partial charge in [-0.1, -0.05) is 6.92 Å². The minimum atomic E-state index is -0.111. The highest BCUT2D eigenvalue weighted by Crippen LogP contribution is 2.27. The van der Waals surface area contributed by atoms with Crippen LogP contribution in [0.25, 0.3) is 0 Å². The van der Waals surface area contributed by atoms with E-state index in [1.807, 2.05) is 13.2 Å². The molecule has 0 aromatic rings. The number of nitrogens with one attached hydrogen (secondary N) is 3. The van der Waals surface area contributed by atoms with E-state index in [4.69, 9.17) is 5.41 Å². The average molecular weight is 285 g/mol. The maximum Gasteiger partial charge on any atom is 0.194 e. The van der Waals surface area contributed by atoms with Gasteiger partial charge in [0.2, 0.25) is 0 Å². The minimum absolute atomic E-state index is 0.0428. The largest absolute Gasteiger partial charge is 0.381 e. The summed E-state index contributed by atoms with van der Waals surface area (Å²) in [5, 5.41) is 14.1. The fraction of sp³-hybridized carbons (Fsp3) is 0.583. The fourth-order valence-electron chi connectivity index (χ4n) is 2.46. The van der Waals surface area contributed by atoms with E-state index in [9.17, 15) is 3.89 Å². The molecule has 1 atom stereocenters. The summed E-state index contributed by atoms with van der Waals surface area (Å²) in [4.78, 5) is 3.70. The number of likely N-dealkylation sites (N-methyl/N-ethyl adjacent to an activating group) is 1. The van der Waals surface area contributed by atoms with Gasteiger partial charge in [0.25, 0.3) is 0 Å². The maximum atomic E-state index is 12.6. The van der Waals surface area contributed by atoms with E-state index in [1.165, 1.54) is 5.70 Å². The second kappa shape index (κ2) is 5.73. The molecule has 0 spiro atoms. The molecule has 19 heavy (non-hydrogen) atoms. The number of nitrogens with zero attached hydrogens (tertiary/aromatic N) is 2. The van der Waals surface area contributed by atoms with Crippen molar-refractivity contribution in [3.8, 4) is 0 Å². The van der Waals surface area contributed by atoms with Gasteiger partial charge < -0.3 is 20.4 Å². The van der Waals surface area contributed by atoms with Crippen molar-refractivity contribution in [2.45, 2.75) is 25.8 Å². The number of halogens is 1. The Bertz CT molecular complexity index is 434. The molecule has 0 amide bonds. The predicted molar refractivity (Wildman–Crippen MR) is 76.9 cm³/mol. The lowest BCUT2D eigenvalue weighted by Crippen LogP contribution is -2.48. The van der Waals surface area contributed by atoms with E-state index >= 15 is 0 Å². The van der Waals surface area contributed by atoms with Gasteiger partial charge in [0.15, 0.2) is 5.17 Å². The highest BCUT2D eigenvalue weighted by Gasteiger charge is 2.29. The molecule has 0 saturated carbocycles. The van der Waals surface area contributed by atoms with E-state index in [0.717, 1.165) is 30.9 Å². The molecule has 0 bridgehead atoms. The molecule has 0 fully saturated rings. The molecule has 2 aliphatic rings. The summed E-state index contributed by atoms with van der Waals surface area (Å²) in [6, 6.07) is 0.390. The van der Waals surface area contributed by atoms with Gasteiger partial charge in [-0.2, -0.15) is 3.89 Å². The first kappa shape index (κ1) is 14.0. The number of fused-ring (bicyclic) bond motifs is 1. The Morgan fingerprint density at radius 3 is 2.95 bits per heavy atom. The summed E-state index contributed by atoms with van der Waals surface area (Å²) >= 11 is -0.0428. The number of amidine groups is 1. The Kier molecular flexibility index (Phi) is 4.24. The molecule has 2 heterocycles. The Morgan fingerprint density at radius 1 is 1.68 bits per heavy atom. The summed E-state index contributed by atoms with van der Waals surface area (Å²) in [6.07, 6.45) is 3.80. The van der Waals surface area contributed by atoms with Crippen LogP contribution in [0.5, 0.6) is 0 Å². The molecule has 106 valence electrons. The molecule has 0 saturated heterocycles. The van der Waals surface area contributed by atoms with Crippen LogP contribution < -0.4 is 10.6 Å². The highest BCUT2D eigenvalue weighted by atomic mass is 32.2. The van der Waals surface area contributed by atoms with Gasteiger partial charge in [0.05, 0.1) is 17.4 Å². The van der Waals surface area contributed by atoms with Crippen LogP contribution in [0.15, 0.2) is 23.4 Å². The van der Waals surface area contributed by atoms with E-state index in [-0.39, 0.29) is 17.3 Å². The van der Waals surface area contributed by atoms with Gasteiger partial charge in [-0.05, 0) is 12.8 Å². The van der Waals surface area contributed by atoms with E-state index in [2.05, 4.69) is 22.5 Å². The smallest absolute Gasteiger partial charge is 0.194 e. The van der Waals surface area contributed by atoms with E-state index in [1.54, 1.807) is 11.9 Å². The second-order valence-electron chi connectivity index (χ2n) is 4.65. The van der Waals surface area contributed by atoms with Crippen LogP contribution in [-0.2, 0) is 0 Å². The maximum absolute atomic E-state index is 12.6. The van der Waals surface area contributed by atoms with Gasteiger partial charge in [-0.15, -0.1) is 0 Å². The highest BCUT2D eigenvalue weighted by molar-refractivity contribution is 8.09. The van der Waals surface area contributed by atoms with Crippen molar-refractivity contribution in [2.75, 3.05) is 20.6 Å². The molecule has 2 rings (SSSR count). The number of allylic oxidation sites excluding steroid dienone is 1. The first-order valence-electron chi connectivity index (χ1n) is 6.37. The van der Waals surface area contributed by atoms with Gasteiger partial charge in [0, 0.05) is 26.8 Å². The molecule has 3 N–H and O–H groups in total. The van der Waals surface area contributed by atoms with Crippen LogP contribution in [0.4, 0.5) is 3.89 Å². The lowest BCUT2D eigenvalue weighted by molar-refractivity contribution is 0.342. The average Bonchev–Trinajstić information content (AvgIpc) is 2.37. The molecule has 0 aliphatic carbocycles. The number of rotatable bonds is 2. The van der Waals surface area contributed by atoms with Crippen LogP contribution in [0.2, 0.25) is 0 Å². The summed E-state index contributed by atoms with van der Waals surface area (Å²) < 4.78 is 12.6. The monoisotopic (exact) mass is 285 g/mol. The zero-order valence-electron chi connectivity index (χ0n) is 11.5. The third-order valence-electron chi connectivity index (χ3n) is 3.63. The SMILES string of the molecule is CC/C1=C(\N(C)C(=N)SF)NCCC2NC=C2N1C. The van der Waals surface area contributed by atoms with Crippen molar-refractivity contribution in [3.05, 3.63) is 23.4 Å². The standard InChI is InChI=1S/C12H20FN5S/c1-4-9-11(18(3)12(14)19-13)15-6-5-8-10(7-16-8)17(9)2/h7-8,14-16H,4-6H2,1-3H3/b11-9+,14-12?. The van der Waals surface area contributed by atoms with Crippen LogP contribution in [0.1, 0.15) is 19.8 Å². The Balaban J connectivity index is 2.34. The first-order chi connectivity index (χ1) is 9.10. The van der Waals surface area contributed by atoms with Crippen molar-refractivity contribution in [2.24, 2.45) is 0 Å². The molecule has 2 aliphatic heterocycles. The fourth-order valence-corrected chi connectivity index (χ4v) is 2.65. The van der Waals surface area contributed by atoms with Gasteiger partial charge >= 0.3 is 0 Å². The molecular formula is C12H20FN5S. The third kappa shape index (κ3) is 2.51. The minimum Gasteiger partial charge on any atom is -0.381 e. The van der Waals surface area contributed by atoms with Gasteiger partial charge in [-0.25, -0.2) is 0 Å². The van der Waals surface area contributed by atoms with Gasteiger partial charge in [-0.3, -0.25) is 5.41 Å². The van der Waals surface area contributed by atoms with Crippen molar-refractivity contribution in [1.82, 2.24) is 20.4 Å². The van der Waals surface area contributed by atoms with E-state index < -0.39 is 0 Å². The Hall–Kier alpha value is -1.37. The van der Waals surface area contributed by atoms with E-state index in [0.29, 0.717) is 6.04 Å². The van der Waals surface area contributed by atoms with Crippen molar-refractivity contribution in [3.63, 3.8) is 0 Å². The molecule has 7 heteroatoms. The molecular weight excluding hydrogens is 265 g/mol. The summed E-state index contributed by atoms with van der Waals surface area (Å²) in [5.74, 6) is 0.811. The van der Waals surface area contributed by atoms with Crippen LogP contribution in [0.3, 0.4) is 0 Å². The molecule has 0 aromatic carbocycles.